The highest BCUT2D eigenvalue weighted by Gasteiger charge is 2.31. The van der Waals surface area contributed by atoms with Crippen LogP contribution in [0.4, 0.5) is 18.9 Å². The summed E-state index contributed by atoms with van der Waals surface area (Å²) in [6.45, 7) is 3.88. The molecule has 1 heterocycles. The van der Waals surface area contributed by atoms with Gasteiger partial charge in [0, 0.05) is 11.3 Å². The Hall–Kier alpha value is -2.73. The zero-order valence-corrected chi connectivity index (χ0v) is 15.2. The Bertz CT molecular complexity index is 1010. The SMILES string of the molecule is Cc1ccc(NC(=O)c2ccc(-c3cc(C(F)(F)F)ccc3Cl)o2)cc1C. The van der Waals surface area contributed by atoms with Crippen molar-refractivity contribution < 1.29 is 22.4 Å². The third kappa shape index (κ3) is 4.17. The van der Waals surface area contributed by atoms with Gasteiger partial charge in [0.05, 0.1) is 10.6 Å². The Morgan fingerprint density at radius 1 is 1.00 bits per heavy atom. The molecular formula is C20H15ClF3NO2. The van der Waals surface area contributed by atoms with Gasteiger partial charge in [-0.3, -0.25) is 4.79 Å². The van der Waals surface area contributed by atoms with E-state index < -0.39 is 17.6 Å². The minimum atomic E-state index is -4.50. The molecule has 0 aliphatic rings. The predicted octanol–water partition coefficient (Wildman–Crippen LogP) is 6.49. The van der Waals surface area contributed by atoms with Gasteiger partial charge in [-0.1, -0.05) is 17.7 Å². The number of nitrogens with one attached hydrogen (secondary N) is 1. The number of carbonyl (C=O) groups excluding carboxylic acids is 1. The number of aryl methyl sites for hydroxylation is 2. The van der Waals surface area contributed by atoms with Crippen molar-refractivity contribution >= 4 is 23.2 Å². The Balaban J connectivity index is 1.86. The lowest BCUT2D eigenvalue weighted by Gasteiger charge is -2.09. The van der Waals surface area contributed by atoms with Crippen molar-refractivity contribution in [3.63, 3.8) is 0 Å². The zero-order valence-electron chi connectivity index (χ0n) is 14.4. The average Bonchev–Trinajstić information content (AvgIpc) is 3.07. The van der Waals surface area contributed by atoms with Crippen molar-refractivity contribution in [1.82, 2.24) is 0 Å². The number of hydrogen-bond acceptors (Lipinski definition) is 2. The van der Waals surface area contributed by atoms with Crippen molar-refractivity contribution in [2.45, 2.75) is 20.0 Å². The van der Waals surface area contributed by atoms with E-state index >= 15 is 0 Å². The molecule has 0 radical (unpaired) electrons. The van der Waals surface area contributed by atoms with Crippen LogP contribution in [0.15, 0.2) is 52.9 Å². The van der Waals surface area contributed by atoms with E-state index in [1.165, 1.54) is 12.1 Å². The lowest BCUT2D eigenvalue weighted by Crippen LogP contribution is -2.11. The number of hydrogen-bond donors (Lipinski definition) is 1. The van der Waals surface area contributed by atoms with Gasteiger partial charge in [0.2, 0.25) is 0 Å². The Kier molecular flexibility index (Phi) is 5.02. The summed E-state index contributed by atoms with van der Waals surface area (Å²) in [5.74, 6) is -0.458. The maximum Gasteiger partial charge on any atom is 0.416 e. The summed E-state index contributed by atoms with van der Waals surface area (Å²) in [5.41, 5.74) is 1.92. The molecule has 1 N–H and O–H groups in total. The Morgan fingerprint density at radius 3 is 2.41 bits per heavy atom. The summed E-state index contributed by atoms with van der Waals surface area (Å²) in [6, 6.07) is 11.2. The van der Waals surface area contributed by atoms with Crippen LogP contribution in [0.5, 0.6) is 0 Å². The highest BCUT2D eigenvalue weighted by molar-refractivity contribution is 6.33. The van der Waals surface area contributed by atoms with E-state index in [1.54, 1.807) is 6.07 Å². The highest BCUT2D eigenvalue weighted by atomic mass is 35.5. The predicted molar refractivity (Wildman–Crippen MR) is 98.0 cm³/mol. The van der Waals surface area contributed by atoms with Gasteiger partial charge in [-0.05, 0) is 67.4 Å². The summed E-state index contributed by atoms with van der Waals surface area (Å²) >= 11 is 6.00. The molecule has 0 bridgehead atoms. The first-order valence-corrected chi connectivity index (χ1v) is 8.38. The normalized spacial score (nSPS) is 11.5. The second kappa shape index (κ2) is 7.12. The van der Waals surface area contributed by atoms with Crippen LogP contribution < -0.4 is 5.32 Å². The fourth-order valence-corrected chi connectivity index (χ4v) is 2.72. The summed E-state index contributed by atoms with van der Waals surface area (Å²) in [4.78, 5) is 12.3. The third-order valence-electron chi connectivity index (χ3n) is 4.15. The molecule has 0 unspecified atom stereocenters. The van der Waals surface area contributed by atoms with E-state index in [1.807, 2.05) is 26.0 Å². The van der Waals surface area contributed by atoms with Gasteiger partial charge >= 0.3 is 6.18 Å². The molecule has 3 aromatic rings. The molecule has 0 spiro atoms. The molecule has 140 valence electrons. The third-order valence-corrected chi connectivity index (χ3v) is 4.48. The first-order chi connectivity index (χ1) is 12.6. The van der Waals surface area contributed by atoms with Crippen LogP contribution in [0, 0.1) is 13.8 Å². The standard InChI is InChI=1S/C20H15ClF3NO2/c1-11-3-5-14(9-12(11)2)25-19(26)18-8-7-17(27-18)15-10-13(20(22,23)24)4-6-16(15)21/h3-10H,1-2H3,(H,25,26). The van der Waals surface area contributed by atoms with Gasteiger partial charge in [-0.25, -0.2) is 0 Å². The second-order valence-corrected chi connectivity index (χ2v) is 6.52. The molecule has 2 aromatic carbocycles. The number of alkyl halides is 3. The van der Waals surface area contributed by atoms with Crippen molar-refractivity contribution in [1.29, 1.82) is 0 Å². The van der Waals surface area contributed by atoms with Crippen LogP contribution >= 0.6 is 11.6 Å². The van der Waals surface area contributed by atoms with Gasteiger partial charge in [-0.2, -0.15) is 13.2 Å². The topological polar surface area (TPSA) is 42.2 Å². The minimum absolute atomic E-state index is 0.0308. The van der Waals surface area contributed by atoms with Crippen molar-refractivity contribution in [2.75, 3.05) is 5.32 Å². The summed E-state index contributed by atoms with van der Waals surface area (Å²) < 4.78 is 44.2. The summed E-state index contributed by atoms with van der Waals surface area (Å²) in [7, 11) is 0. The first-order valence-electron chi connectivity index (χ1n) is 8.01. The fourth-order valence-electron chi connectivity index (χ4n) is 2.51. The zero-order chi connectivity index (χ0) is 19.8. The molecule has 0 fully saturated rings. The molecule has 27 heavy (non-hydrogen) atoms. The molecule has 0 saturated heterocycles. The van der Waals surface area contributed by atoms with Crippen molar-refractivity contribution in [3.8, 4) is 11.3 Å². The average molecular weight is 394 g/mol. The van der Waals surface area contributed by atoms with E-state index in [0.717, 1.165) is 29.3 Å². The lowest BCUT2D eigenvalue weighted by molar-refractivity contribution is -0.137. The number of carbonyl (C=O) groups is 1. The lowest BCUT2D eigenvalue weighted by atomic mass is 10.1. The van der Waals surface area contributed by atoms with Crippen LogP contribution in [-0.4, -0.2) is 5.91 Å². The number of anilines is 1. The smallest absolute Gasteiger partial charge is 0.416 e. The van der Waals surface area contributed by atoms with Gasteiger partial charge in [0.15, 0.2) is 5.76 Å². The van der Waals surface area contributed by atoms with E-state index in [0.29, 0.717) is 5.69 Å². The maximum absolute atomic E-state index is 12.9. The van der Waals surface area contributed by atoms with Crippen LogP contribution in [-0.2, 0) is 6.18 Å². The van der Waals surface area contributed by atoms with Gasteiger partial charge in [0.25, 0.3) is 5.91 Å². The van der Waals surface area contributed by atoms with Gasteiger partial charge in [-0.15, -0.1) is 0 Å². The Morgan fingerprint density at radius 2 is 1.74 bits per heavy atom. The number of rotatable bonds is 3. The quantitative estimate of drug-likeness (QED) is 0.552. The fraction of sp³-hybridized carbons (Fsp3) is 0.150. The van der Waals surface area contributed by atoms with Crippen LogP contribution in [0.1, 0.15) is 27.2 Å². The van der Waals surface area contributed by atoms with Crippen LogP contribution in [0.25, 0.3) is 11.3 Å². The largest absolute Gasteiger partial charge is 0.451 e. The van der Waals surface area contributed by atoms with Crippen molar-refractivity contribution in [3.05, 3.63) is 76.0 Å². The van der Waals surface area contributed by atoms with Gasteiger partial charge in [0.1, 0.15) is 5.76 Å². The molecule has 3 nitrogen and oxygen atoms in total. The Labute approximate surface area is 158 Å². The van der Waals surface area contributed by atoms with E-state index in [-0.39, 0.29) is 22.1 Å². The van der Waals surface area contributed by atoms with E-state index in [2.05, 4.69) is 5.32 Å². The molecule has 0 aliphatic heterocycles. The van der Waals surface area contributed by atoms with E-state index in [4.69, 9.17) is 16.0 Å². The van der Waals surface area contributed by atoms with Crippen LogP contribution in [0.2, 0.25) is 5.02 Å². The number of amides is 1. The van der Waals surface area contributed by atoms with Crippen molar-refractivity contribution in [2.24, 2.45) is 0 Å². The first kappa shape index (κ1) is 19.0. The summed E-state index contributed by atoms with van der Waals surface area (Å²) in [5, 5.41) is 2.79. The molecule has 0 aliphatic carbocycles. The summed E-state index contributed by atoms with van der Waals surface area (Å²) in [6.07, 6.45) is -4.50. The maximum atomic E-state index is 12.9. The number of furan rings is 1. The van der Waals surface area contributed by atoms with Crippen LogP contribution in [0.3, 0.4) is 0 Å². The number of benzene rings is 2. The molecule has 0 saturated carbocycles. The molecule has 7 heteroatoms. The molecule has 1 amide bonds. The molecular weight excluding hydrogens is 379 g/mol. The molecule has 0 atom stereocenters. The van der Waals surface area contributed by atoms with E-state index in [9.17, 15) is 18.0 Å². The molecule has 3 rings (SSSR count). The second-order valence-electron chi connectivity index (χ2n) is 6.11. The minimum Gasteiger partial charge on any atom is -0.451 e. The number of halogens is 4. The highest BCUT2D eigenvalue weighted by Crippen LogP contribution is 2.36. The van der Waals surface area contributed by atoms with Gasteiger partial charge < -0.3 is 9.73 Å². The molecule has 1 aromatic heterocycles. The monoisotopic (exact) mass is 393 g/mol.